The average Bonchev–Trinajstić information content (AvgIpc) is 2.55. The van der Waals surface area contributed by atoms with E-state index in [1.807, 2.05) is 24.3 Å². The van der Waals surface area contributed by atoms with Crippen molar-refractivity contribution in [2.24, 2.45) is 0 Å². The van der Waals surface area contributed by atoms with Gasteiger partial charge in [0.25, 0.3) is 0 Å². The zero-order chi connectivity index (χ0) is 16.7. The summed E-state index contributed by atoms with van der Waals surface area (Å²) in [5.74, 6) is 1.16. The summed E-state index contributed by atoms with van der Waals surface area (Å²) in [4.78, 5) is 12.0. The van der Waals surface area contributed by atoms with Crippen LogP contribution in [0, 0.1) is 0 Å². The number of hydrogen-bond acceptors (Lipinski definition) is 4. The molecule has 0 radical (unpaired) electrons. The number of phenolic OH excluding ortho intramolecular Hbond substituents is 1. The molecule has 23 heavy (non-hydrogen) atoms. The van der Waals surface area contributed by atoms with Gasteiger partial charge in [0.1, 0.15) is 5.75 Å². The smallest absolute Gasteiger partial charge is 0.224 e. The van der Waals surface area contributed by atoms with E-state index in [4.69, 9.17) is 9.47 Å². The number of nitrogens with one attached hydrogen (secondary N) is 1. The zero-order valence-corrected chi connectivity index (χ0v) is 13.3. The Kier molecular flexibility index (Phi) is 5.86. The van der Waals surface area contributed by atoms with Crippen molar-refractivity contribution in [2.75, 3.05) is 20.8 Å². The monoisotopic (exact) mass is 315 g/mol. The normalized spacial score (nSPS) is 10.2. The van der Waals surface area contributed by atoms with E-state index in [1.165, 1.54) is 7.11 Å². The molecule has 0 heterocycles. The summed E-state index contributed by atoms with van der Waals surface area (Å²) in [5.41, 5.74) is 1.79. The molecule has 0 aliphatic heterocycles. The van der Waals surface area contributed by atoms with Crippen molar-refractivity contribution in [1.29, 1.82) is 0 Å². The Bertz CT molecular complexity index is 670. The van der Waals surface area contributed by atoms with E-state index in [-0.39, 0.29) is 18.1 Å². The molecule has 2 aromatic rings. The van der Waals surface area contributed by atoms with Crippen LogP contribution in [0.2, 0.25) is 0 Å². The minimum absolute atomic E-state index is 0.0341. The molecule has 0 unspecified atom stereocenters. The molecule has 0 saturated heterocycles. The lowest BCUT2D eigenvalue weighted by Gasteiger charge is -2.10. The maximum atomic E-state index is 12.0. The van der Waals surface area contributed by atoms with Crippen molar-refractivity contribution in [3.05, 3.63) is 53.6 Å². The first-order valence-corrected chi connectivity index (χ1v) is 7.38. The maximum Gasteiger partial charge on any atom is 0.224 e. The minimum atomic E-state index is -0.0931. The van der Waals surface area contributed by atoms with Crippen molar-refractivity contribution in [3.8, 4) is 17.2 Å². The van der Waals surface area contributed by atoms with Crippen molar-refractivity contribution >= 4 is 5.91 Å². The van der Waals surface area contributed by atoms with Crippen LogP contribution in [0.5, 0.6) is 17.2 Å². The molecule has 2 aromatic carbocycles. The molecule has 0 aliphatic carbocycles. The Morgan fingerprint density at radius 3 is 2.52 bits per heavy atom. The Hall–Kier alpha value is -2.69. The molecule has 0 bridgehead atoms. The van der Waals surface area contributed by atoms with Crippen LogP contribution in [0.15, 0.2) is 42.5 Å². The van der Waals surface area contributed by atoms with Crippen LogP contribution < -0.4 is 14.8 Å². The second-order valence-corrected chi connectivity index (χ2v) is 5.09. The zero-order valence-electron chi connectivity index (χ0n) is 13.3. The lowest BCUT2D eigenvalue weighted by Crippen LogP contribution is -2.27. The highest BCUT2D eigenvalue weighted by molar-refractivity contribution is 5.78. The van der Waals surface area contributed by atoms with Crippen LogP contribution in [0.1, 0.15) is 11.1 Å². The summed E-state index contributed by atoms with van der Waals surface area (Å²) in [6.45, 7) is 0.529. The van der Waals surface area contributed by atoms with E-state index >= 15 is 0 Å². The number of carbonyl (C=O) groups is 1. The number of aromatic hydroxyl groups is 1. The molecule has 0 aromatic heterocycles. The first kappa shape index (κ1) is 16.7. The molecule has 122 valence electrons. The Labute approximate surface area is 135 Å². The van der Waals surface area contributed by atoms with Gasteiger partial charge in [0, 0.05) is 6.54 Å². The third-order valence-corrected chi connectivity index (χ3v) is 3.52. The molecule has 5 heteroatoms. The number of rotatable bonds is 7. The van der Waals surface area contributed by atoms with Crippen molar-refractivity contribution in [1.82, 2.24) is 5.32 Å². The second kappa shape index (κ2) is 8.08. The van der Waals surface area contributed by atoms with Crippen LogP contribution in [0.25, 0.3) is 0 Å². The van der Waals surface area contributed by atoms with Crippen molar-refractivity contribution in [2.45, 2.75) is 12.8 Å². The van der Waals surface area contributed by atoms with Crippen LogP contribution in [-0.4, -0.2) is 31.8 Å². The van der Waals surface area contributed by atoms with Gasteiger partial charge in [-0.3, -0.25) is 4.79 Å². The van der Waals surface area contributed by atoms with Crippen LogP contribution in [0.4, 0.5) is 0 Å². The number of phenols is 1. The third-order valence-electron chi connectivity index (χ3n) is 3.52. The molecular formula is C18H21NO4. The molecule has 5 nitrogen and oxygen atoms in total. The van der Waals surface area contributed by atoms with Gasteiger partial charge in [-0.15, -0.1) is 0 Å². The van der Waals surface area contributed by atoms with E-state index in [1.54, 1.807) is 25.3 Å². The predicted molar refractivity (Wildman–Crippen MR) is 88.1 cm³/mol. The fourth-order valence-electron chi connectivity index (χ4n) is 2.34. The minimum Gasteiger partial charge on any atom is -0.504 e. The lowest BCUT2D eigenvalue weighted by atomic mass is 10.1. The molecule has 0 aliphatic rings. The van der Waals surface area contributed by atoms with E-state index in [0.29, 0.717) is 18.7 Å². The molecule has 0 atom stereocenters. The molecule has 0 fully saturated rings. The first-order valence-electron chi connectivity index (χ1n) is 7.38. The highest BCUT2D eigenvalue weighted by atomic mass is 16.5. The van der Waals surface area contributed by atoms with Gasteiger partial charge in [-0.2, -0.15) is 0 Å². The largest absolute Gasteiger partial charge is 0.504 e. The summed E-state index contributed by atoms with van der Waals surface area (Å²) in [5, 5.41) is 12.6. The number of carbonyl (C=O) groups excluding carboxylic acids is 1. The van der Waals surface area contributed by atoms with Gasteiger partial charge >= 0.3 is 0 Å². The topological polar surface area (TPSA) is 67.8 Å². The first-order chi connectivity index (χ1) is 11.1. The Balaban J connectivity index is 1.84. The highest BCUT2D eigenvalue weighted by Gasteiger charge is 2.08. The van der Waals surface area contributed by atoms with Crippen molar-refractivity contribution < 1.29 is 19.4 Å². The second-order valence-electron chi connectivity index (χ2n) is 5.09. The molecular weight excluding hydrogens is 294 g/mol. The summed E-state index contributed by atoms with van der Waals surface area (Å²) in [6.07, 6.45) is 0.910. The summed E-state index contributed by atoms with van der Waals surface area (Å²) < 4.78 is 10.3. The summed E-state index contributed by atoms with van der Waals surface area (Å²) in [6, 6.07) is 12.7. The standard InChI is InChI=1S/C18H21NO4/c1-22-16-6-4-3-5-14(16)9-10-19-18(21)12-13-7-8-17(23-2)15(20)11-13/h3-8,11,20H,9-10,12H2,1-2H3,(H,19,21). The summed E-state index contributed by atoms with van der Waals surface area (Å²) in [7, 11) is 3.12. The molecule has 1 amide bonds. The van der Waals surface area contributed by atoms with E-state index in [9.17, 15) is 9.90 Å². The van der Waals surface area contributed by atoms with E-state index in [2.05, 4.69) is 5.32 Å². The maximum absolute atomic E-state index is 12.0. The van der Waals surface area contributed by atoms with E-state index < -0.39 is 0 Å². The fourth-order valence-corrected chi connectivity index (χ4v) is 2.34. The Morgan fingerprint density at radius 2 is 1.83 bits per heavy atom. The predicted octanol–water partition coefficient (Wildman–Crippen LogP) is 2.31. The number of methoxy groups -OCH3 is 2. The summed E-state index contributed by atoms with van der Waals surface area (Å²) >= 11 is 0. The quantitative estimate of drug-likeness (QED) is 0.823. The van der Waals surface area contributed by atoms with Gasteiger partial charge in [0.15, 0.2) is 11.5 Å². The third kappa shape index (κ3) is 4.64. The number of para-hydroxylation sites is 1. The SMILES string of the molecule is COc1ccc(CC(=O)NCCc2ccccc2OC)cc1O. The lowest BCUT2D eigenvalue weighted by molar-refractivity contribution is -0.120. The highest BCUT2D eigenvalue weighted by Crippen LogP contribution is 2.26. The van der Waals surface area contributed by atoms with Crippen LogP contribution in [0.3, 0.4) is 0 Å². The van der Waals surface area contributed by atoms with Gasteiger partial charge < -0.3 is 19.9 Å². The fraction of sp³-hybridized carbons (Fsp3) is 0.278. The van der Waals surface area contributed by atoms with Gasteiger partial charge in [0.05, 0.1) is 20.6 Å². The van der Waals surface area contributed by atoms with Crippen molar-refractivity contribution in [3.63, 3.8) is 0 Å². The average molecular weight is 315 g/mol. The molecule has 2 rings (SSSR count). The van der Waals surface area contributed by atoms with Crippen LogP contribution in [-0.2, 0) is 17.6 Å². The van der Waals surface area contributed by atoms with Gasteiger partial charge in [0.2, 0.25) is 5.91 Å². The Morgan fingerprint density at radius 1 is 1.09 bits per heavy atom. The number of ether oxygens (including phenoxy) is 2. The van der Waals surface area contributed by atoms with Gasteiger partial charge in [-0.1, -0.05) is 24.3 Å². The molecule has 2 N–H and O–H groups in total. The van der Waals surface area contributed by atoms with Gasteiger partial charge in [-0.05, 0) is 35.7 Å². The molecule has 0 saturated carbocycles. The van der Waals surface area contributed by atoms with Gasteiger partial charge in [-0.25, -0.2) is 0 Å². The number of benzene rings is 2. The number of amides is 1. The number of hydrogen-bond donors (Lipinski definition) is 2. The van der Waals surface area contributed by atoms with Crippen LogP contribution >= 0.6 is 0 Å². The molecule has 0 spiro atoms. The van der Waals surface area contributed by atoms with E-state index in [0.717, 1.165) is 16.9 Å².